The second kappa shape index (κ2) is 6.93. The van der Waals surface area contributed by atoms with Crippen LogP contribution >= 0.6 is 0 Å². The average molecular weight is 272 g/mol. The third kappa shape index (κ3) is 6.05. The topological polar surface area (TPSA) is 116 Å². The number of hydrogen-bond donors (Lipinski definition) is 3. The first-order valence-electron chi connectivity index (χ1n) is 6.13. The highest BCUT2D eigenvalue weighted by molar-refractivity contribution is 5.85. The molecule has 0 saturated heterocycles. The number of carbonyl (C=O) groups is 3. The average Bonchev–Trinajstić information content (AvgIpc) is 3.10. The number of nitrogens with zero attached hydrogens (tertiary/aromatic N) is 2. The number of nitrogens with two attached hydrogens (primary N) is 1. The van der Waals surface area contributed by atoms with Gasteiger partial charge in [0, 0.05) is 19.1 Å². The Labute approximate surface area is 111 Å². The maximum Gasteiger partial charge on any atom is 0.323 e. The molecule has 0 aromatic rings. The number of amides is 3. The summed E-state index contributed by atoms with van der Waals surface area (Å²) in [4.78, 5) is 36.1. The minimum Gasteiger partial charge on any atom is -0.480 e. The summed E-state index contributed by atoms with van der Waals surface area (Å²) in [5, 5.41) is 11.2. The van der Waals surface area contributed by atoms with Gasteiger partial charge in [0.2, 0.25) is 5.91 Å². The molecule has 0 radical (unpaired) electrons. The van der Waals surface area contributed by atoms with Gasteiger partial charge in [0.05, 0.1) is 0 Å². The highest BCUT2D eigenvalue weighted by atomic mass is 16.4. The summed E-state index contributed by atoms with van der Waals surface area (Å²) in [6, 6.07) is 0.00282. The van der Waals surface area contributed by atoms with E-state index in [1.807, 2.05) is 7.05 Å². The molecular formula is C11H20N4O4. The van der Waals surface area contributed by atoms with Crippen LogP contribution in [0.15, 0.2) is 0 Å². The molecule has 1 fully saturated rings. The van der Waals surface area contributed by atoms with Gasteiger partial charge >= 0.3 is 12.0 Å². The van der Waals surface area contributed by atoms with E-state index in [1.54, 1.807) is 0 Å². The Bertz CT molecular complexity index is 341. The van der Waals surface area contributed by atoms with Gasteiger partial charge in [-0.1, -0.05) is 0 Å². The zero-order valence-corrected chi connectivity index (χ0v) is 11.0. The number of carboxylic acids is 1. The molecule has 8 heteroatoms. The summed E-state index contributed by atoms with van der Waals surface area (Å²) in [5.74, 6) is -1.93. The predicted octanol–water partition coefficient (Wildman–Crippen LogP) is -1.34. The predicted molar refractivity (Wildman–Crippen MR) is 67.5 cm³/mol. The first kappa shape index (κ1) is 15.2. The Balaban J connectivity index is 2.32. The van der Waals surface area contributed by atoms with E-state index in [0.29, 0.717) is 19.1 Å². The first-order chi connectivity index (χ1) is 8.90. The minimum atomic E-state index is -1.19. The largest absolute Gasteiger partial charge is 0.480 e. The highest BCUT2D eigenvalue weighted by Gasteiger charge is 2.25. The van der Waals surface area contributed by atoms with E-state index in [2.05, 4.69) is 10.2 Å². The van der Waals surface area contributed by atoms with Crippen LogP contribution in [-0.2, 0) is 9.59 Å². The molecule has 1 rings (SSSR count). The molecule has 0 unspecified atom stereocenters. The number of hydrogen-bond acceptors (Lipinski definition) is 4. The van der Waals surface area contributed by atoms with Crippen LogP contribution in [0.3, 0.4) is 0 Å². The Hall–Kier alpha value is -1.83. The fraction of sp³-hybridized carbons (Fsp3) is 0.727. The molecule has 0 spiro atoms. The fourth-order valence-corrected chi connectivity index (χ4v) is 1.70. The van der Waals surface area contributed by atoms with E-state index in [0.717, 1.165) is 4.90 Å². The Morgan fingerprint density at radius 2 is 1.95 bits per heavy atom. The molecule has 0 aromatic carbocycles. The van der Waals surface area contributed by atoms with Crippen molar-refractivity contribution in [1.82, 2.24) is 15.1 Å². The molecule has 0 aliphatic heterocycles. The zero-order valence-electron chi connectivity index (χ0n) is 11.0. The maximum atomic E-state index is 11.7. The molecule has 1 saturated carbocycles. The Morgan fingerprint density at radius 3 is 2.42 bits per heavy atom. The van der Waals surface area contributed by atoms with Crippen molar-refractivity contribution in [3.05, 3.63) is 0 Å². The highest BCUT2D eigenvalue weighted by Crippen LogP contribution is 2.24. The van der Waals surface area contributed by atoms with E-state index in [-0.39, 0.29) is 0 Å². The SMILES string of the molecule is CN(CCNC(=O)N(CC(N)=O)CC(=O)O)C1CC1. The second-order valence-electron chi connectivity index (χ2n) is 4.66. The van der Waals surface area contributed by atoms with Gasteiger partial charge in [-0.2, -0.15) is 0 Å². The number of carboxylic acid groups (broad SMARTS) is 1. The molecule has 1 aliphatic carbocycles. The van der Waals surface area contributed by atoms with Crippen molar-refractivity contribution < 1.29 is 19.5 Å². The van der Waals surface area contributed by atoms with E-state index in [9.17, 15) is 14.4 Å². The normalized spacial score (nSPS) is 14.2. The van der Waals surface area contributed by atoms with Crippen molar-refractivity contribution in [2.45, 2.75) is 18.9 Å². The third-order valence-corrected chi connectivity index (χ3v) is 2.87. The number of primary amides is 1. The van der Waals surface area contributed by atoms with Crippen molar-refractivity contribution >= 4 is 17.9 Å². The van der Waals surface area contributed by atoms with E-state index in [4.69, 9.17) is 10.8 Å². The molecule has 108 valence electrons. The summed E-state index contributed by atoms with van der Waals surface area (Å²) in [6.07, 6.45) is 2.36. The van der Waals surface area contributed by atoms with Crippen LogP contribution in [0, 0.1) is 0 Å². The number of carbonyl (C=O) groups excluding carboxylic acids is 2. The number of nitrogens with one attached hydrogen (secondary N) is 1. The minimum absolute atomic E-state index is 0.403. The monoisotopic (exact) mass is 272 g/mol. The molecule has 0 heterocycles. The lowest BCUT2D eigenvalue weighted by atomic mass is 10.4. The summed E-state index contributed by atoms with van der Waals surface area (Å²) in [6.45, 7) is 0.137. The number of urea groups is 1. The van der Waals surface area contributed by atoms with Crippen LogP contribution in [0.5, 0.6) is 0 Å². The van der Waals surface area contributed by atoms with E-state index < -0.39 is 31.0 Å². The van der Waals surface area contributed by atoms with Crippen LogP contribution in [-0.4, -0.2) is 72.1 Å². The van der Waals surface area contributed by atoms with Gasteiger partial charge in [0.25, 0.3) is 0 Å². The van der Waals surface area contributed by atoms with Crippen LogP contribution in [0.4, 0.5) is 4.79 Å². The molecule has 19 heavy (non-hydrogen) atoms. The lowest BCUT2D eigenvalue weighted by Gasteiger charge is -2.21. The fourth-order valence-electron chi connectivity index (χ4n) is 1.70. The summed E-state index contributed by atoms with van der Waals surface area (Å²) in [7, 11) is 1.97. The van der Waals surface area contributed by atoms with Crippen molar-refractivity contribution in [2.75, 3.05) is 33.2 Å². The molecule has 0 aromatic heterocycles. The molecule has 4 N–H and O–H groups in total. The van der Waals surface area contributed by atoms with Crippen molar-refractivity contribution in [3.8, 4) is 0 Å². The lowest BCUT2D eigenvalue weighted by molar-refractivity contribution is -0.137. The number of aliphatic carboxylic acids is 1. The maximum absolute atomic E-state index is 11.7. The Morgan fingerprint density at radius 1 is 1.32 bits per heavy atom. The molecule has 8 nitrogen and oxygen atoms in total. The van der Waals surface area contributed by atoms with Gasteiger partial charge in [-0.05, 0) is 19.9 Å². The Kier molecular flexibility index (Phi) is 5.56. The van der Waals surface area contributed by atoms with Gasteiger partial charge in [0.15, 0.2) is 0 Å². The van der Waals surface area contributed by atoms with Crippen LogP contribution < -0.4 is 11.1 Å². The van der Waals surface area contributed by atoms with E-state index >= 15 is 0 Å². The first-order valence-corrected chi connectivity index (χ1v) is 6.13. The quantitative estimate of drug-likeness (QED) is 0.506. The molecular weight excluding hydrogens is 252 g/mol. The zero-order chi connectivity index (χ0) is 14.4. The number of rotatable bonds is 8. The third-order valence-electron chi connectivity index (χ3n) is 2.87. The summed E-state index contributed by atoms with van der Waals surface area (Å²) >= 11 is 0. The standard InChI is InChI=1S/C11H20N4O4/c1-14(8-2-3-8)5-4-13-11(19)15(6-9(12)16)7-10(17)18/h8H,2-7H2,1H3,(H2,12,16)(H,13,19)(H,17,18). The van der Waals surface area contributed by atoms with Gasteiger partial charge in [0.1, 0.15) is 13.1 Å². The van der Waals surface area contributed by atoms with Crippen LogP contribution in [0.25, 0.3) is 0 Å². The van der Waals surface area contributed by atoms with Gasteiger partial charge < -0.3 is 26.0 Å². The lowest BCUT2D eigenvalue weighted by Crippen LogP contribution is -2.48. The molecule has 0 atom stereocenters. The number of likely N-dealkylation sites (N-methyl/N-ethyl adjacent to an activating group) is 1. The summed E-state index contributed by atoms with van der Waals surface area (Å²) < 4.78 is 0. The van der Waals surface area contributed by atoms with Gasteiger partial charge in [-0.3, -0.25) is 9.59 Å². The molecule has 1 aliphatic rings. The summed E-state index contributed by atoms with van der Waals surface area (Å²) in [5.41, 5.74) is 4.97. The molecule has 0 bridgehead atoms. The van der Waals surface area contributed by atoms with Gasteiger partial charge in [-0.25, -0.2) is 4.79 Å². The van der Waals surface area contributed by atoms with E-state index in [1.165, 1.54) is 12.8 Å². The van der Waals surface area contributed by atoms with Crippen LogP contribution in [0.2, 0.25) is 0 Å². The van der Waals surface area contributed by atoms with Crippen molar-refractivity contribution in [1.29, 1.82) is 0 Å². The van der Waals surface area contributed by atoms with Gasteiger partial charge in [-0.15, -0.1) is 0 Å². The molecule has 3 amide bonds. The van der Waals surface area contributed by atoms with Crippen molar-refractivity contribution in [2.24, 2.45) is 5.73 Å². The smallest absolute Gasteiger partial charge is 0.323 e. The van der Waals surface area contributed by atoms with Crippen LogP contribution in [0.1, 0.15) is 12.8 Å². The van der Waals surface area contributed by atoms with Crippen molar-refractivity contribution in [3.63, 3.8) is 0 Å². The second-order valence-corrected chi connectivity index (χ2v) is 4.66.